The van der Waals surface area contributed by atoms with E-state index in [4.69, 9.17) is 0 Å². The highest BCUT2D eigenvalue weighted by Crippen LogP contribution is 2.19. The van der Waals surface area contributed by atoms with Crippen molar-refractivity contribution in [1.82, 2.24) is 15.0 Å². The van der Waals surface area contributed by atoms with Gasteiger partial charge in [0.25, 0.3) is 0 Å². The van der Waals surface area contributed by atoms with Gasteiger partial charge < -0.3 is 4.98 Å². The highest BCUT2D eigenvalue weighted by molar-refractivity contribution is 5.76. The molecule has 3 heteroatoms. The summed E-state index contributed by atoms with van der Waals surface area (Å²) in [5.41, 5.74) is 1.01. The van der Waals surface area contributed by atoms with Crippen LogP contribution in [-0.4, -0.2) is 15.0 Å². The second-order valence-corrected chi connectivity index (χ2v) is 4.24. The van der Waals surface area contributed by atoms with Crippen LogP contribution in [0.5, 0.6) is 0 Å². The van der Waals surface area contributed by atoms with E-state index in [9.17, 15) is 0 Å². The fourth-order valence-electron chi connectivity index (χ4n) is 1.20. The molecule has 0 fully saturated rings. The molecule has 0 aliphatic heterocycles. The molecule has 68 valence electrons. The maximum Gasteiger partial charge on any atom is 0.134 e. The summed E-state index contributed by atoms with van der Waals surface area (Å²) in [6.07, 6.45) is 5.66. The van der Waals surface area contributed by atoms with Crippen LogP contribution in [0, 0.1) is 0 Å². The Hall–Kier alpha value is -1.38. The minimum atomic E-state index is 0.0193. The Morgan fingerprint density at radius 3 is 2.69 bits per heavy atom. The Kier molecular flexibility index (Phi) is 1.62. The molecule has 2 heterocycles. The van der Waals surface area contributed by atoms with E-state index in [0.717, 1.165) is 16.7 Å². The maximum atomic E-state index is 4.46. The fourth-order valence-corrected chi connectivity index (χ4v) is 1.20. The summed E-state index contributed by atoms with van der Waals surface area (Å²) in [5, 5.41) is 1.06. The summed E-state index contributed by atoms with van der Waals surface area (Å²) in [4.78, 5) is 11.8. The van der Waals surface area contributed by atoms with E-state index < -0.39 is 0 Å². The fraction of sp³-hybridized carbons (Fsp3) is 0.400. The Morgan fingerprint density at radius 1 is 1.23 bits per heavy atom. The van der Waals surface area contributed by atoms with Gasteiger partial charge >= 0.3 is 0 Å². The summed E-state index contributed by atoms with van der Waals surface area (Å²) < 4.78 is 0. The molecule has 0 aromatic carbocycles. The van der Waals surface area contributed by atoms with Crippen molar-refractivity contribution >= 4 is 10.9 Å². The van der Waals surface area contributed by atoms with E-state index >= 15 is 0 Å². The lowest BCUT2D eigenvalue weighted by Crippen LogP contribution is -2.15. The monoisotopic (exact) mass is 175 g/mol. The number of hydrogen-bond donors (Lipinski definition) is 1. The van der Waals surface area contributed by atoms with Crippen molar-refractivity contribution in [2.24, 2.45) is 0 Å². The number of nitrogens with zero attached hydrogens (tertiary/aromatic N) is 2. The van der Waals surface area contributed by atoms with Crippen LogP contribution in [0.15, 0.2) is 18.6 Å². The van der Waals surface area contributed by atoms with Crippen molar-refractivity contribution in [3.63, 3.8) is 0 Å². The van der Waals surface area contributed by atoms with Crippen molar-refractivity contribution in [3.05, 3.63) is 24.4 Å². The minimum absolute atomic E-state index is 0.0193. The van der Waals surface area contributed by atoms with Gasteiger partial charge in [0, 0.05) is 29.4 Å². The highest BCUT2D eigenvalue weighted by atomic mass is 14.9. The van der Waals surface area contributed by atoms with Crippen LogP contribution in [0.1, 0.15) is 26.6 Å². The number of aromatic amines is 1. The molecule has 2 aromatic heterocycles. The van der Waals surface area contributed by atoms with Gasteiger partial charge in [-0.2, -0.15) is 0 Å². The van der Waals surface area contributed by atoms with Gasteiger partial charge in [-0.25, -0.2) is 9.97 Å². The first-order valence-corrected chi connectivity index (χ1v) is 4.37. The molecule has 2 rings (SSSR count). The van der Waals surface area contributed by atoms with Crippen LogP contribution >= 0.6 is 0 Å². The van der Waals surface area contributed by atoms with Gasteiger partial charge in [-0.15, -0.1) is 0 Å². The molecular formula is C10H13N3. The molecule has 0 radical (unpaired) electrons. The van der Waals surface area contributed by atoms with E-state index in [1.807, 2.05) is 18.6 Å². The molecule has 0 aliphatic rings. The molecule has 0 bridgehead atoms. The first kappa shape index (κ1) is 8.23. The molecular weight excluding hydrogens is 162 g/mol. The van der Waals surface area contributed by atoms with E-state index in [2.05, 4.69) is 35.7 Å². The molecule has 13 heavy (non-hydrogen) atoms. The Labute approximate surface area is 77.2 Å². The molecule has 0 saturated carbocycles. The lowest BCUT2D eigenvalue weighted by atomic mass is 9.96. The van der Waals surface area contributed by atoms with Gasteiger partial charge in [0.05, 0.1) is 5.52 Å². The summed E-state index contributed by atoms with van der Waals surface area (Å²) in [6, 6.07) is 0. The van der Waals surface area contributed by atoms with Crippen LogP contribution < -0.4 is 0 Å². The van der Waals surface area contributed by atoms with Crippen LogP contribution in [0.2, 0.25) is 0 Å². The molecule has 0 aliphatic carbocycles. The van der Waals surface area contributed by atoms with Crippen molar-refractivity contribution in [2.45, 2.75) is 26.2 Å². The Balaban J connectivity index is 2.61. The second-order valence-electron chi connectivity index (χ2n) is 4.24. The summed E-state index contributed by atoms with van der Waals surface area (Å²) in [6.45, 7) is 6.34. The normalized spacial score (nSPS) is 12.2. The van der Waals surface area contributed by atoms with Gasteiger partial charge in [-0.1, -0.05) is 20.8 Å². The van der Waals surface area contributed by atoms with E-state index in [1.165, 1.54) is 0 Å². The summed E-state index contributed by atoms with van der Waals surface area (Å²) >= 11 is 0. The van der Waals surface area contributed by atoms with Gasteiger partial charge in [-0.3, -0.25) is 0 Å². The SMILES string of the molecule is CC(C)(C)c1ncc2c[nH]cc2n1. The number of hydrogen-bond acceptors (Lipinski definition) is 2. The molecule has 1 N–H and O–H groups in total. The lowest BCUT2D eigenvalue weighted by molar-refractivity contribution is 0.548. The minimum Gasteiger partial charge on any atom is -0.365 e. The van der Waals surface area contributed by atoms with Crippen molar-refractivity contribution in [2.75, 3.05) is 0 Å². The first-order chi connectivity index (χ1) is 6.07. The molecule has 0 atom stereocenters. The third-order valence-corrected chi connectivity index (χ3v) is 1.98. The van der Waals surface area contributed by atoms with Gasteiger partial charge in [0.15, 0.2) is 0 Å². The second kappa shape index (κ2) is 2.55. The lowest BCUT2D eigenvalue weighted by Gasteiger charge is -2.15. The molecule has 0 spiro atoms. The molecule has 3 nitrogen and oxygen atoms in total. The van der Waals surface area contributed by atoms with Crippen LogP contribution in [-0.2, 0) is 5.41 Å². The third-order valence-electron chi connectivity index (χ3n) is 1.98. The van der Waals surface area contributed by atoms with Gasteiger partial charge in [-0.05, 0) is 0 Å². The number of fused-ring (bicyclic) bond motifs is 1. The first-order valence-electron chi connectivity index (χ1n) is 4.37. The average molecular weight is 175 g/mol. The average Bonchev–Trinajstić information content (AvgIpc) is 2.47. The maximum absolute atomic E-state index is 4.46. The van der Waals surface area contributed by atoms with Crippen LogP contribution in [0.25, 0.3) is 10.9 Å². The predicted octanol–water partition coefficient (Wildman–Crippen LogP) is 2.26. The Bertz CT molecular complexity index is 423. The molecule has 0 amide bonds. The van der Waals surface area contributed by atoms with Crippen molar-refractivity contribution in [3.8, 4) is 0 Å². The van der Waals surface area contributed by atoms with Gasteiger partial charge in [0.2, 0.25) is 0 Å². The van der Waals surface area contributed by atoms with Crippen molar-refractivity contribution in [1.29, 1.82) is 0 Å². The highest BCUT2D eigenvalue weighted by Gasteiger charge is 2.17. The number of aromatic nitrogens is 3. The topological polar surface area (TPSA) is 41.6 Å². The largest absolute Gasteiger partial charge is 0.365 e. The zero-order valence-electron chi connectivity index (χ0n) is 8.13. The summed E-state index contributed by atoms with van der Waals surface area (Å²) in [7, 11) is 0. The third kappa shape index (κ3) is 1.41. The molecule has 2 aromatic rings. The van der Waals surface area contributed by atoms with Crippen LogP contribution in [0.4, 0.5) is 0 Å². The zero-order valence-corrected chi connectivity index (χ0v) is 8.13. The number of H-pyrrole nitrogens is 1. The van der Waals surface area contributed by atoms with Crippen molar-refractivity contribution < 1.29 is 0 Å². The van der Waals surface area contributed by atoms with E-state index in [-0.39, 0.29) is 5.41 Å². The standard InChI is InChI=1S/C10H13N3/c1-10(2,3)9-12-5-7-4-11-6-8(7)13-9/h4-6,11H,1-3H3. The summed E-state index contributed by atoms with van der Waals surface area (Å²) in [5.74, 6) is 0.889. The van der Waals surface area contributed by atoms with Crippen LogP contribution in [0.3, 0.4) is 0 Å². The van der Waals surface area contributed by atoms with E-state index in [0.29, 0.717) is 0 Å². The number of nitrogens with one attached hydrogen (secondary N) is 1. The van der Waals surface area contributed by atoms with Gasteiger partial charge in [0.1, 0.15) is 5.82 Å². The molecule has 0 unspecified atom stereocenters. The Morgan fingerprint density at radius 2 is 2.00 bits per heavy atom. The molecule has 0 saturated heterocycles. The zero-order chi connectivity index (χ0) is 9.47. The van der Waals surface area contributed by atoms with E-state index in [1.54, 1.807) is 0 Å². The predicted molar refractivity (Wildman–Crippen MR) is 52.6 cm³/mol. The smallest absolute Gasteiger partial charge is 0.134 e. The number of rotatable bonds is 0. The quantitative estimate of drug-likeness (QED) is 0.667.